The molecule has 0 aliphatic heterocycles. The minimum atomic E-state index is -0.0229. The Balaban J connectivity index is 1.69. The average Bonchev–Trinajstić information content (AvgIpc) is 2.99. The Hall–Kier alpha value is -1.62. The van der Waals surface area contributed by atoms with Gasteiger partial charge < -0.3 is 5.32 Å². The van der Waals surface area contributed by atoms with Crippen LogP contribution < -0.4 is 5.32 Å². The summed E-state index contributed by atoms with van der Waals surface area (Å²) in [6.07, 6.45) is 9.29. The summed E-state index contributed by atoms with van der Waals surface area (Å²) >= 11 is 3.41. The van der Waals surface area contributed by atoms with Crippen LogP contribution in [0.1, 0.15) is 42.5 Å². The molecule has 4 nitrogen and oxygen atoms in total. The minimum Gasteiger partial charge on any atom is -0.349 e. The van der Waals surface area contributed by atoms with Gasteiger partial charge in [-0.25, -0.2) is 4.68 Å². The van der Waals surface area contributed by atoms with Crippen LogP contribution in [0.4, 0.5) is 0 Å². The van der Waals surface area contributed by atoms with Gasteiger partial charge in [-0.3, -0.25) is 4.79 Å². The predicted molar refractivity (Wildman–Crippen MR) is 85.6 cm³/mol. The topological polar surface area (TPSA) is 46.9 Å². The molecular formula is C16H18BrN3O. The van der Waals surface area contributed by atoms with Gasteiger partial charge in [-0.2, -0.15) is 5.10 Å². The molecule has 0 bridgehead atoms. The van der Waals surface area contributed by atoms with Crippen LogP contribution in [-0.4, -0.2) is 21.7 Å². The highest BCUT2D eigenvalue weighted by Crippen LogP contribution is 2.18. The van der Waals surface area contributed by atoms with Gasteiger partial charge >= 0.3 is 0 Å². The van der Waals surface area contributed by atoms with Crippen molar-refractivity contribution in [1.29, 1.82) is 0 Å². The van der Waals surface area contributed by atoms with E-state index in [0.29, 0.717) is 11.6 Å². The van der Waals surface area contributed by atoms with Crippen molar-refractivity contribution in [3.8, 4) is 5.69 Å². The molecule has 1 amide bonds. The lowest BCUT2D eigenvalue weighted by Gasteiger charge is -2.22. The van der Waals surface area contributed by atoms with Crippen LogP contribution in [0.3, 0.4) is 0 Å². The van der Waals surface area contributed by atoms with E-state index in [2.05, 4.69) is 26.3 Å². The smallest absolute Gasteiger partial charge is 0.254 e. The number of benzene rings is 1. The van der Waals surface area contributed by atoms with E-state index in [4.69, 9.17) is 0 Å². The lowest BCUT2D eigenvalue weighted by molar-refractivity contribution is 0.0927. The third kappa shape index (κ3) is 3.53. The number of rotatable bonds is 3. The number of hydrogen-bond acceptors (Lipinski definition) is 2. The Bertz CT molecular complexity index is 615. The van der Waals surface area contributed by atoms with Gasteiger partial charge in [-0.15, -0.1) is 0 Å². The molecule has 0 radical (unpaired) electrons. The van der Waals surface area contributed by atoms with E-state index in [1.165, 1.54) is 19.3 Å². The summed E-state index contributed by atoms with van der Waals surface area (Å²) < 4.78 is 2.75. The number of carbonyl (C=O) groups is 1. The average molecular weight is 348 g/mol. The van der Waals surface area contributed by atoms with Crippen molar-refractivity contribution in [1.82, 2.24) is 15.1 Å². The first-order valence-corrected chi connectivity index (χ1v) is 8.13. The van der Waals surface area contributed by atoms with Crippen LogP contribution in [-0.2, 0) is 0 Å². The summed E-state index contributed by atoms with van der Waals surface area (Å²) in [6.45, 7) is 0. The zero-order chi connectivity index (χ0) is 14.7. The summed E-state index contributed by atoms with van der Waals surface area (Å²) in [5.41, 5.74) is 1.55. The second-order valence-electron chi connectivity index (χ2n) is 5.46. The zero-order valence-electron chi connectivity index (χ0n) is 11.8. The molecule has 21 heavy (non-hydrogen) atoms. The summed E-state index contributed by atoms with van der Waals surface area (Å²) in [4.78, 5) is 12.2. The number of halogens is 1. The zero-order valence-corrected chi connectivity index (χ0v) is 13.3. The number of carbonyl (C=O) groups excluding carboxylic acids is 1. The highest BCUT2D eigenvalue weighted by molar-refractivity contribution is 9.10. The van der Waals surface area contributed by atoms with Gasteiger partial charge in [0.15, 0.2) is 0 Å². The van der Waals surface area contributed by atoms with Crippen molar-refractivity contribution in [2.75, 3.05) is 0 Å². The van der Waals surface area contributed by atoms with E-state index in [1.54, 1.807) is 17.1 Å². The second-order valence-corrected chi connectivity index (χ2v) is 6.37. The standard InChI is InChI=1S/C16H18BrN3O/c17-13-6-8-15(9-7-13)20-11-12(10-18-20)16(21)19-14-4-2-1-3-5-14/h6-11,14H,1-5H2,(H,19,21). The second kappa shape index (κ2) is 6.43. The quantitative estimate of drug-likeness (QED) is 0.920. The SMILES string of the molecule is O=C(NC1CCCCC1)c1cnn(-c2ccc(Br)cc2)c1. The lowest BCUT2D eigenvalue weighted by atomic mass is 9.95. The molecule has 1 aliphatic rings. The van der Waals surface area contributed by atoms with E-state index >= 15 is 0 Å². The number of aromatic nitrogens is 2. The molecule has 0 atom stereocenters. The Morgan fingerprint density at radius 1 is 1.19 bits per heavy atom. The van der Waals surface area contributed by atoms with E-state index < -0.39 is 0 Å². The van der Waals surface area contributed by atoms with Crippen molar-refractivity contribution in [3.63, 3.8) is 0 Å². The fraction of sp³-hybridized carbons (Fsp3) is 0.375. The molecule has 0 spiro atoms. The van der Waals surface area contributed by atoms with E-state index in [-0.39, 0.29) is 5.91 Å². The maximum absolute atomic E-state index is 12.2. The molecule has 1 heterocycles. The highest BCUT2D eigenvalue weighted by atomic mass is 79.9. The maximum Gasteiger partial charge on any atom is 0.254 e. The summed E-state index contributed by atoms with van der Waals surface area (Å²) in [5.74, 6) is -0.0229. The van der Waals surface area contributed by atoms with Crippen molar-refractivity contribution in [2.45, 2.75) is 38.1 Å². The normalized spacial score (nSPS) is 15.9. The third-order valence-corrected chi connectivity index (χ3v) is 4.41. The third-order valence-electron chi connectivity index (χ3n) is 3.88. The molecule has 110 valence electrons. The molecule has 1 aromatic carbocycles. The van der Waals surface area contributed by atoms with E-state index in [1.807, 2.05) is 24.3 Å². The molecule has 1 N–H and O–H groups in total. The first-order chi connectivity index (χ1) is 10.2. The molecule has 1 saturated carbocycles. The van der Waals surface area contributed by atoms with Gasteiger partial charge in [-0.05, 0) is 37.1 Å². The van der Waals surface area contributed by atoms with Crippen molar-refractivity contribution in [3.05, 3.63) is 46.7 Å². The molecule has 3 rings (SSSR count). The van der Waals surface area contributed by atoms with Gasteiger partial charge in [0.25, 0.3) is 5.91 Å². The first-order valence-electron chi connectivity index (χ1n) is 7.34. The van der Waals surface area contributed by atoms with Crippen LogP contribution in [0.2, 0.25) is 0 Å². The molecule has 0 unspecified atom stereocenters. The molecule has 2 aromatic rings. The van der Waals surface area contributed by atoms with Gasteiger partial charge in [0.05, 0.1) is 17.4 Å². The highest BCUT2D eigenvalue weighted by Gasteiger charge is 2.17. The number of hydrogen-bond donors (Lipinski definition) is 1. The number of nitrogens with zero attached hydrogens (tertiary/aromatic N) is 2. The first kappa shape index (κ1) is 14.3. The summed E-state index contributed by atoms with van der Waals surface area (Å²) in [7, 11) is 0. The van der Waals surface area contributed by atoms with E-state index in [0.717, 1.165) is 23.0 Å². The largest absolute Gasteiger partial charge is 0.349 e. The monoisotopic (exact) mass is 347 g/mol. The van der Waals surface area contributed by atoms with Crippen molar-refractivity contribution >= 4 is 21.8 Å². The molecule has 5 heteroatoms. The Morgan fingerprint density at radius 3 is 2.62 bits per heavy atom. The predicted octanol–water partition coefficient (Wildman–Crippen LogP) is 3.70. The molecule has 1 aliphatic carbocycles. The molecular weight excluding hydrogens is 330 g/mol. The number of amides is 1. The van der Waals surface area contributed by atoms with E-state index in [9.17, 15) is 4.79 Å². The van der Waals surface area contributed by atoms with Crippen molar-refractivity contribution in [2.24, 2.45) is 0 Å². The fourth-order valence-electron chi connectivity index (χ4n) is 2.69. The van der Waals surface area contributed by atoms with Gasteiger partial charge in [0, 0.05) is 16.7 Å². The van der Waals surface area contributed by atoms with Crippen LogP contribution in [0, 0.1) is 0 Å². The van der Waals surface area contributed by atoms with Gasteiger partial charge in [0.1, 0.15) is 0 Å². The lowest BCUT2D eigenvalue weighted by Crippen LogP contribution is -2.35. The molecule has 1 fully saturated rings. The fourth-order valence-corrected chi connectivity index (χ4v) is 2.96. The maximum atomic E-state index is 12.2. The Morgan fingerprint density at radius 2 is 1.90 bits per heavy atom. The van der Waals surface area contributed by atoms with Crippen LogP contribution in [0.15, 0.2) is 41.1 Å². The van der Waals surface area contributed by atoms with Crippen LogP contribution in [0.25, 0.3) is 5.69 Å². The Kier molecular flexibility index (Phi) is 4.39. The summed E-state index contributed by atoms with van der Waals surface area (Å²) in [5, 5.41) is 7.38. The summed E-state index contributed by atoms with van der Waals surface area (Å²) in [6, 6.07) is 8.15. The van der Waals surface area contributed by atoms with Gasteiger partial charge in [-0.1, -0.05) is 35.2 Å². The molecule has 0 saturated heterocycles. The van der Waals surface area contributed by atoms with Crippen LogP contribution in [0.5, 0.6) is 0 Å². The van der Waals surface area contributed by atoms with Crippen LogP contribution >= 0.6 is 15.9 Å². The minimum absolute atomic E-state index is 0.0229. The van der Waals surface area contributed by atoms with Crippen molar-refractivity contribution < 1.29 is 4.79 Å². The van der Waals surface area contributed by atoms with Gasteiger partial charge in [0.2, 0.25) is 0 Å². The Labute approximate surface area is 132 Å². The number of nitrogens with one attached hydrogen (secondary N) is 1. The molecule has 1 aromatic heterocycles.